The first-order valence-corrected chi connectivity index (χ1v) is 10.3. The SMILES string of the molecule is CCOc1cccc(C2c3c(oc4ccccc4c3=O)C(=O)N2CCCN(C)C)c1. The number of para-hydroxylation sites is 1. The van der Waals surface area contributed by atoms with E-state index < -0.39 is 6.04 Å². The highest BCUT2D eigenvalue weighted by atomic mass is 16.5. The molecule has 0 saturated carbocycles. The highest BCUT2D eigenvalue weighted by molar-refractivity contribution is 5.99. The molecule has 0 saturated heterocycles. The maximum Gasteiger partial charge on any atom is 0.290 e. The molecule has 0 fully saturated rings. The Hall–Kier alpha value is -3.12. The molecule has 3 aromatic rings. The average molecular weight is 406 g/mol. The summed E-state index contributed by atoms with van der Waals surface area (Å²) >= 11 is 0. The Kier molecular flexibility index (Phi) is 5.59. The summed E-state index contributed by atoms with van der Waals surface area (Å²) in [5.41, 5.74) is 1.55. The molecule has 2 aromatic carbocycles. The van der Waals surface area contributed by atoms with Gasteiger partial charge in [-0.15, -0.1) is 0 Å². The van der Waals surface area contributed by atoms with Crippen LogP contribution in [-0.4, -0.2) is 49.5 Å². The minimum Gasteiger partial charge on any atom is -0.494 e. The van der Waals surface area contributed by atoms with Gasteiger partial charge in [-0.25, -0.2) is 0 Å². The van der Waals surface area contributed by atoms with Crippen LogP contribution in [0.15, 0.2) is 57.7 Å². The normalized spacial score (nSPS) is 15.8. The maximum absolute atomic E-state index is 13.4. The second kappa shape index (κ2) is 8.32. The zero-order valence-electron chi connectivity index (χ0n) is 17.6. The second-order valence-corrected chi connectivity index (χ2v) is 7.73. The Labute approximate surface area is 175 Å². The maximum atomic E-state index is 13.4. The number of rotatable bonds is 7. The largest absolute Gasteiger partial charge is 0.494 e. The lowest BCUT2D eigenvalue weighted by Gasteiger charge is -2.26. The Morgan fingerprint density at radius 2 is 1.90 bits per heavy atom. The zero-order chi connectivity index (χ0) is 21.3. The van der Waals surface area contributed by atoms with Crippen LogP contribution in [0.2, 0.25) is 0 Å². The van der Waals surface area contributed by atoms with Gasteiger partial charge in [-0.3, -0.25) is 9.59 Å². The third kappa shape index (κ3) is 3.59. The van der Waals surface area contributed by atoms with Crippen molar-refractivity contribution in [2.45, 2.75) is 19.4 Å². The lowest BCUT2D eigenvalue weighted by Crippen LogP contribution is -2.32. The first-order chi connectivity index (χ1) is 14.5. The summed E-state index contributed by atoms with van der Waals surface area (Å²) in [5, 5.41) is 0.491. The van der Waals surface area contributed by atoms with Gasteiger partial charge < -0.3 is 19.0 Å². The standard InChI is InChI=1S/C24H26N2O4/c1-4-29-17-10-7-9-16(15-17)21-20-22(27)18-11-5-6-12-19(18)30-23(20)24(28)26(21)14-8-13-25(2)3/h5-7,9-12,15,21H,4,8,13-14H2,1-3H3. The zero-order valence-corrected chi connectivity index (χ0v) is 17.6. The van der Waals surface area contributed by atoms with Gasteiger partial charge in [0.15, 0.2) is 5.43 Å². The van der Waals surface area contributed by atoms with E-state index in [1.807, 2.05) is 51.4 Å². The topological polar surface area (TPSA) is 63.0 Å². The van der Waals surface area contributed by atoms with Gasteiger partial charge in [-0.2, -0.15) is 0 Å². The van der Waals surface area contributed by atoms with Gasteiger partial charge in [-0.05, 0) is 63.8 Å². The number of ether oxygens (including phenoxy) is 1. The molecular weight excluding hydrogens is 380 g/mol. The third-order valence-electron chi connectivity index (χ3n) is 5.36. The van der Waals surface area contributed by atoms with Gasteiger partial charge in [0.1, 0.15) is 11.3 Å². The van der Waals surface area contributed by atoms with E-state index in [4.69, 9.17) is 9.15 Å². The molecule has 6 nitrogen and oxygen atoms in total. The van der Waals surface area contributed by atoms with E-state index in [9.17, 15) is 9.59 Å². The van der Waals surface area contributed by atoms with Gasteiger partial charge in [0.05, 0.1) is 23.6 Å². The van der Waals surface area contributed by atoms with Gasteiger partial charge in [0.25, 0.3) is 5.91 Å². The molecule has 30 heavy (non-hydrogen) atoms. The molecular formula is C24H26N2O4. The smallest absolute Gasteiger partial charge is 0.290 e. The first-order valence-electron chi connectivity index (χ1n) is 10.3. The molecule has 1 unspecified atom stereocenters. The Bertz CT molecular complexity index is 1140. The minimum atomic E-state index is -0.490. The molecule has 1 aliphatic rings. The average Bonchev–Trinajstić information content (AvgIpc) is 3.01. The Balaban J connectivity index is 1.85. The van der Waals surface area contributed by atoms with Crippen LogP contribution in [0.5, 0.6) is 5.75 Å². The molecule has 0 spiro atoms. The molecule has 1 aromatic heterocycles. The van der Waals surface area contributed by atoms with Gasteiger partial charge >= 0.3 is 0 Å². The summed E-state index contributed by atoms with van der Waals surface area (Å²) in [6.07, 6.45) is 0.794. The summed E-state index contributed by atoms with van der Waals surface area (Å²) in [7, 11) is 4.00. The predicted octanol–water partition coefficient (Wildman–Crippen LogP) is 3.69. The lowest BCUT2D eigenvalue weighted by molar-refractivity contribution is 0.0722. The number of hydrogen-bond acceptors (Lipinski definition) is 5. The first kappa shape index (κ1) is 20.2. The highest BCUT2D eigenvalue weighted by Crippen LogP contribution is 2.39. The fourth-order valence-corrected chi connectivity index (χ4v) is 4.04. The van der Waals surface area contributed by atoms with Crippen molar-refractivity contribution < 1.29 is 13.9 Å². The molecule has 1 aliphatic heterocycles. The number of amides is 1. The number of benzene rings is 2. The summed E-state index contributed by atoms with van der Waals surface area (Å²) in [5.74, 6) is 0.628. The van der Waals surface area contributed by atoms with Crippen molar-refractivity contribution in [3.8, 4) is 5.75 Å². The molecule has 4 rings (SSSR count). The van der Waals surface area contributed by atoms with Crippen molar-refractivity contribution in [3.63, 3.8) is 0 Å². The molecule has 1 atom stereocenters. The van der Waals surface area contributed by atoms with E-state index in [-0.39, 0.29) is 17.1 Å². The summed E-state index contributed by atoms with van der Waals surface area (Å²) in [6.45, 7) is 3.84. The quantitative estimate of drug-likeness (QED) is 0.599. The van der Waals surface area contributed by atoms with Crippen molar-refractivity contribution >= 4 is 16.9 Å². The number of carbonyl (C=O) groups excluding carboxylic acids is 1. The van der Waals surface area contributed by atoms with Crippen LogP contribution in [0, 0.1) is 0 Å². The van der Waals surface area contributed by atoms with E-state index in [1.165, 1.54) is 0 Å². The number of nitrogens with zero attached hydrogens (tertiary/aromatic N) is 2. The van der Waals surface area contributed by atoms with Crippen LogP contribution in [0.25, 0.3) is 11.0 Å². The summed E-state index contributed by atoms with van der Waals surface area (Å²) in [6, 6.07) is 14.2. The van der Waals surface area contributed by atoms with Crippen molar-refractivity contribution in [2.24, 2.45) is 0 Å². The molecule has 156 valence electrons. The number of hydrogen-bond donors (Lipinski definition) is 0. The fraction of sp³-hybridized carbons (Fsp3) is 0.333. The van der Waals surface area contributed by atoms with Gasteiger partial charge in [0.2, 0.25) is 5.76 Å². The lowest BCUT2D eigenvalue weighted by atomic mass is 9.98. The van der Waals surface area contributed by atoms with E-state index >= 15 is 0 Å². The number of carbonyl (C=O) groups is 1. The minimum absolute atomic E-state index is 0.148. The van der Waals surface area contributed by atoms with Gasteiger partial charge in [-0.1, -0.05) is 24.3 Å². The van der Waals surface area contributed by atoms with E-state index in [0.29, 0.717) is 35.4 Å². The van der Waals surface area contributed by atoms with E-state index in [0.717, 1.165) is 18.5 Å². The molecule has 6 heteroatoms. The van der Waals surface area contributed by atoms with Crippen molar-refractivity contribution in [1.29, 1.82) is 0 Å². The summed E-state index contributed by atoms with van der Waals surface area (Å²) in [4.78, 5) is 30.6. The van der Waals surface area contributed by atoms with Gasteiger partial charge in [0, 0.05) is 6.54 Å². The monoisotopic (exact) mass is 406 g/mol. The summed E-state index contributed by atoms with van der Waals surface area (Å²) < 4.78 is 11.6. The molecule has 0 bridgehead atoms. The molecule has 1 amide bonds. The van der Waals surface area contributed by atoms with Crippen LogP contribution in [0.4, 0.5) is 0 Å². The highest BCUT2D eigenvalue weighted by Gasteiger charge is 2.42. The second-order valence-electron chi connectivity index (χ2n) is 7.73. The Morgan fingerprint density at radius 1 is 1.10 bits per heavy atom. The van der Waals surface area contributed by atoms with Crippen LogP contribution in [0.1, 0.15) is 41.1 Å². The van der Waals surface area contributed by atoms with Crippen LogP contribution >= 0.6 is 0 Å². The Morgan fingerprint density at radius 3 is 2.67 bits per heavy atom. The molecule has 0 radical (unpaired) electrons. The third-order valence-corrected chi connectivity index (χ3v) is 5.36. The van der Waals surface area contributed by atoms with Crippen LogP contribution in [-0.2, 0) is 0 Å². The molecule has 0 N–H and O–H groups in total. The van der Waals surface area contributed by atoms with E-state index in [1.54, 1.807) is 23.1 Å². The molecule has 2 heterocycles. The van der Waals surface area contributed by atoms with Crippen molar-refractivity contribution in [3.05, 3.63) is 75.6 Å². The van der Waals surface area contributed by atoms with Crippen LogP contribution < -0.4 is 10.2 Å². The van der Waals surface area contributed by atoms with Crippen molar-refractivity contribution in [1.82, 2.24) is 9.80 Å². The van der Waals surface area contributed by atoms with Crippen molar-refractivity contribution in [2.75, 3.05) is 33.8 Å². The fourth-order valence-electron chi connectivity index (χ4n) is 4.04. The molecule has 0 aliphatic carbocycles. The predicted molar refractivity (Wildman–Crippen MR) is 116 cm³/mol. The number of fused-ring (bicyclic) bond motifs is 2. The van der Waals surface area contributed by atoms with Crippen LogP contribution in [0.3, 0.4) is 0 Å². The van der Waals surface area contributed by atoms with E-state index in [2.05, 4.69) is 4.90 Å².